The molecule has 1 aromatic carbocycles. The topological polar surface area (TPSA) is 37.5 Å². The molecule has 132 valence electrons. The Morgan fingerprint density at radius 1 is 1.29 bits per heavy atom. The summed E-state index contributed by atoms with van der Waals surface area (Å²) >= 11 is 0. The summed E-state index contributed by atoms with van der Waals surface area (Å²) in [6.07, 6.45) is -2.64. The lowest BCUT2D eigenvalue weighted by molar-refractivity contribution is -0.345. The molecule has 1 aromatic heterocycles. The van der Waals surface area contributed by atoms with Crippen molar-refractivity contribution in [3.63, 3.8) is 0 Å². The van der Waals surface area contributed by atoms with E-state index in [-0.39, 0.29) is 0 Å². The van der Waals surface area contributed by atoms with Crippen LogP contribution in [0.2, 0.25) is 0 Å². The predicted molar refractivity (Wildman–Crippen MR) is 85.0 cm³/mol. The summed E-state index contributed by atoms with van der Waals surface area (Å²) in [7, 11) is 1.64. The zero-order valence-electron chi connectivity index (χ0n) is 13.7. The molecule has 2 heterocycles. The first-order chi connectivity index (χ1) is 11.4. The molecule has 1 saturated heterocycles. The molecule has 2 aromatic rings. The molecule has 24 heavy (non-hydrogen) atoms. The average Bonchev–Trinajstić information content (AvgIpc) is 3.00. The van der Waals surface area contributed by atoms with Gasteiger partial charge in [-0.15, -0.1) is 13.2 Å². The summed E-state index contributed by atoms with van der Waals surface area (Å²) < 4.78 is 46.6. The van der Waals surface area contributed by atoms with E-state index in [0.29, 0.717) is 32.5 Å². The first-order valence-electron chi connectivity index (χ1n) is 7.98. The molecular formula is C17H21F3N2O2. The fraction of sp³-hybridized carbons (Fsp3) is 0.529. The van der Waals surface area contributed by atoms with Gasteiger partial charge in [-0.05, 0) is 37.5 Å². The van der Waals surface area contributed by atoms with Gasteiger partial charge in [-0.2, -0.15) is 0 Å². The zero-order valence-corrected chi connectivity index (χ0v) is 13.7. The van der Waals surface area contributed by atoms with Gasteiger partial charge in [0, 0.05) is 42.3 Å². The third kappa shape index (κ3) is 3.67. The number of piperidine rings is 1. The molecule has 0 spiro atoms. The highest BCUT2D eigenvalue weighted by atomic mass is 19.4. The summed E-state index contributed by atoms with van der Waals surface area (Å²) in [5.41, 5.74) is 3.24. The number of nitrogens with zero attached hydrogens (tertiary/aromatic N) is 1. The van der Waals surface area contributed by atoms with E-state index in [0.717, 1.165) is 27.8 Å². The van der Waals surface area contributed by atoms with Crippen LogP contribution in [-0.4, -0.2) is 42.5 Å². The summed E-state index contributed by atoms with van der Waals surface area (Å²) in [4.78, 5) is 5.38. The molecule has 1 fully saturated rings. The van der Waals surface area contributed by atoms with Crippen molar-refractivity contribution in [2.45, 2.75) is 38.8 Å². The first-order valence-corrected chi connectivity index (χ1v) is 7.98. The third-order valence-corrected chi connectivity index (χ3v) is 4.55. The van der Waals surface area contributed by atoms with E-state index >= 15 is 0 Å². The van der Waals surface area contributed by atoms with Gasteiger partial charge in [0.1, 0.15) is 5.75 Å². The van der Waals surface area contributed by atoms with Gasteiger partial charge in [0.15, 0.2) is 0 Å². The maximum Gasteiger partial charge on any atom is 0.522 e. The van der Waals surface area contributed by atoms with Gasteiger partial charge < -0.3 is 9.72 Å². The van der Waals surface area contributed by atoms with Crippen LogP contribution in [-0.2, 0) is 11.3 Å². The number of fused-ring (bicyclic) bond motifs is 1. The Kier molecular flexibility index (Phi) is 4.73. The van der Waals surface area contributed by atoms with E-state index in [4.69, 9.17) is 4.74 Å². The van der Waals surface area contributed by atoms with Crippen LogP contribution in [0.1, 0.15) is 24.0 Å². The van der Waals surface area contributed by atoms with Crippen molar-refractivity contribution in [1.82, 2.24) is 9.88 Å². The second-order valence-electron chi connectivity index (χ2n) is 6.18. The van der Waals surface area contributed by atoms with Crippen LogP contribution >= 0.6 is 0 Å². The quantitative estimate of drug-likeness (QED) is 0.913. The highest BCUT2D eigenvalue weighted by Gasteiger charge is 2.35. The Hall–Kier alpha value is -1.73. The van der Waals surface area contributed by atoms with Crippen LogP contribution < -0.4 is 4.74 Å². The summed E-state index contributed by atoms with van der Waals surface area (Å²) in [5.74, 6) is 0.813. The van der Waals surface area contributed by atoms with Gasteiger partial charge in [0.25, 0.3) is 0 Å². The molecule has 0 unspecified atom stereocenters. The maximum atomic E-state index is 12.3. The normalized spacial score (nSPS) is 17.5. The minimum absolute atomic E-state index is 0.379. The van der Waals surface area contributed by atoms with Gasteiger partial charge in [-0.1, -0.05) is 0 Å². The second-order valence-corrected chi connectivity index (χ2v) is 6.18. The molecule has 0 bridgehead atoms. The number of methoxy groups -OCH3 is 1. The summed E-state index contributed by atoms with van der Waals surface area (Å²) in [6, 6.07) is 4.01. The van der Waals surface area contributed by atoms with Crippen LogP contribution in [0.4, 0.5) is 13.2 Å². The van der Waals surface area contributed by atoms with E-state index in [1.54, 1.807) is 7.11 Å². The molecule has 0 amide bonds. The van der Waals surface area contributed by atoms with E-state index in [1.807, 2.05) is 25.3 Å². The van der Waals surface area contributed by atoms with E-state index < -0.39 is 12.5 Å². The van der Waals surface area contributed by atoms with Gasteiger partial charge in [-0.25, -0.2) is 0 Å². The molecule has 4 nitrogen and oxygen atoms in total. The van der Waals surface area contributed by atoms with Gasteiger partial charge in [0.2, 0.25) is 0 Å². The fourth-order valence-corrected chi connectivity index (χ4v) is 3.38. The Morgan fingerprint density at radius 3 is 2.62 bits per heavy atom. The average molecular weight is 342 g/mol. The monoisotopic (exact) mass is 342 g/mol. The van der Waals surface area contributed by atoms with Crippen molar-refractivity contribution >= 4 is 10.9 Å². The fourth-order valence-electron chi connectivity index (χ4n) is 3.38. The number of aromatic nitrogens is 1. The summed E-state index contributed by atoms with van der Waals surface area (Å²) in [6.45, 7) is 3.81. The molecule has 3 rings (SSSR count). The molecule has 7 heteroatoms. The Balaban J connectivity index is 1.72. The standard InChI is InChI=1S/C17H21F3N2O2/c1-11-9-15(23-2)14(13-3-6-21-16(11)13)10-22-7-4-12(5-8-22)24-17(18,19)20/h3,6,9,12,21H,4-5,7-8,10H2,1-2H3. The number of benzene rings is 1. The molecular weight excluding hydrogens is 321 g/mol. The minimum Gasteiger partial charge on any atom is -0.496 e. The molecule has 1 aliphatic rings. The van der Waals surface area contributed by atoms with Crippen molar-refractivity contribution < 1.29 is 22.6 Å². The molecule has 0 saturated carbocycles. The molecule has 0 atom stereocenters. The number of halogens is 3. The van der Waals surface area contributed by atoms with Gasteiger partial charge in [0.05, 0.1) is 13.2 Å². The minimum atomic E-state index is -4.55. The van der Waals surface area contributed by atoms with E-state index in [2.05, 4.69) is 14.6 Å². The molecule has 1 N–H and O–H groups in total. The SMILES string of the molecule is COc1cc(C)c2[nH]ccc2c1CN1CCC(OC(F)(F)F)CC1. The lowest BCUT2D eigenvalue weighted by Gasteiger charge is -2.32. The Morgan fingerprint density at radius 2 is 2.00 bits per heavy atom. The Labute approximate surface area is 138 Å². The van der Waals surface area contributed by atoms with Crippen LogP contribution in [0.5, 0.6) is 5.75 Å². The van der Waals surface area contributed by atoms with Crippen LogP contribution in [0.25, 0.3) is 10.9 Å². The van der Waals surface area contributed by atoms with Crippen molar-refractivity contribution in [3.05, 3.63) is 29.5 Å². The largest absolute Gasteiger partial charge is 0.522 e. The number of H-pyrrole nitrogens is 1. The zero-order chi connectivity index (χ0) is 17.3. The van der Waals surface area contributed by atoms with Crippen LogP contribution in [0.15, 0.2) is 18.3 Å². The lowest BCUT2D eigenvalue weighted by atomic mass is 10.0. The predicted octanol–water partition coefficient (Wildman–Crippen LogP) is 3.99. The number of nitrogens with one attached hydrogen (secondary N) is 1. The van der Waals surface area contributed by atoms with Crippen LogP contribution in [0.3, 0.4) is 0 Å². The Bertz CT molecular complexity index is 704. The smallest absolute Gasteiger partial charge is 0.496 e. The van der Waals surface area contributed by atoms with Crippen molar-refractivity contribution in [2.75, 3.05) is 20.2 Å². The molecule has 0 radical (unpaired) electrons. The number of aromatic amines is 1. The first kappa shape index (κ1) is 17.1. The van der Waals surface area contributed by atoms with Crippen molar-refractivity contribution in [2.24, 2.45) is 0 Å². The lowest BCUT2D eigenvalue weighted by Crippen LogP contribution is -2.38. The van der Waals surface area contributed by atoms with Gasteiger partial charge in [-0.3, -0.25) is 9.64 Å². The van der Waals surface area contributed by atoms with E-state index in [1.165, 1.54) is 0 Å². The number of ether oxygens (including phenoxy) is 2. The maximum absolute atomic E-state index is 12.3. The highest BCUT2D eigenvalue weighted by Crippen LogP contribution is 2.32. The highest BCUT2D eigenvalue weighted by molar-refractivity contribution is 5.88. The van der Waals surface area contributed by atoms with Crippen molar-refractivity contribution in [3.8, 4) is 5.75 Å². The molecule has 1 aliphatic heterocycles. The van der Waals surface area contributed by atoms with Crippen LogP contribution in [0, 0.1) is 6.92 Å². The number of alkyl halides is 3. The summed E-state index contributed by atoms with van der Waals surface area (Å²) in [5, 5.41) is 1.10. The third-order valence-electron chi connectivity index (χ3n) is 4.55. The number of aryl methyl sites for hydroxylation is 1. The number of likely N-dealkylation sites (tertiary alicyclic amines) is 1. The van der Waals surface area contributed by atoms with E-state index in [9.17, 15) is 13.2 Å². The number of rotatable bonds is 4. The van der Waals surface area contributed by atoms with Crippen molar-refractivity contribution in [1.29, 1.82) is 0 Å². The number of hydrogen-bond donors (Lipinski definition) is 1. The number of hydrogen-bond acceptors (Lipinski definition) is 3. The van der Waals surface area contributed by atoms with Gasteiger partial charge >= 0.3 is 6.36 Å². The molecule has 0 aliphatic carbocycles. The second kappa shape index (κ2) is 6.64.